The Hall–Kier alpha value is -0.416. The maximum absolute atomic E-state index is 12.7. The van der Waals surface area contributed by atoms with Crippen LogP contribution in [0.3, 0.4) is 0 Å². The smallest absolute Gasteiger partial charge is 0.408 e. The van der Waals surface area contributed by atoms with Crippen molar-refractivity contribution in [1.82, 2.24) is 5.32 Å². The third-order valence-corrected chi connectivity index (χ3v) is 15.5. The number of alkyl carbamates (subject to hydrolysis) is 1. The third-order valence-electron chi connectivity index (χ3n) is 6.48. The quantitative estimate of drug-likeness (QED) is 0.374. The predicted octanol–water partition coefficient (Wildman–Crippen LogP) is 6.06. The minimum absolute atomic E-state index is 0.0290. The van der Waals surface area contributed by atoms with Crippen LogP contribution in [0.2, 0.25) is 36.3 Å². The molecule has 186 valence electrons. The normalized spacial score (nSPS) is 16.1. The molecular weight excluding hydrogens is 426 g/mol. The number of ether oxygens (including phenoxy) is 1. The van der Waals surface area contributed by atoms with Crippen LogP contribution in [-0.2, 0) is 13.6 Å². The molecule has 0 bridgehead atoms. The Morgan fingerprint density at radius 1 is 0.903 bits per heavy atom. The molecule has 31 heavy (non-hydrogen) atoms. The van der Waals surface area contributed by atoms with Crippen molar-refractivity contribution in [2.75, 3.05) is 13.2 Å². The molecule has 0 radical (unpaired) electrons. The first-order valence-electron chi connectivity index (χ1n) is 11.5. The Kier molecular flexibility index (Phi) is 11.0. The van der Waals surface area contributed by atoms with Gasteiger partial charge in [-0.05, 0) is 69.9 Å². The summed E-state index contributed by atoms with van der Waals surface area (Å²) in [6.45, 7) is 28.0. The standard InChI is InChI=1S/C23H51NO5Si2/c1-21(2,3)28-20(26)24-18(17-27-30(10,11)22(4,5)6)19(15-14-16-25)29-31(12,13)23(7,8)9/h18-19,25H,14-17H2,1-13H3,(H,24,26)/t18-,19+/m0/s1. The average Bonchev–Trinajstić information content (AvgIpc) is 2.51. The summed E-state index contributed by atoms with van der Waals surface area (Å²) in [5.41, 5.74) is -0.587. The Balaban J connectivity index is 5.83. The molecule has 0 aliphatic rings. The lowest BCUT2D eigenvalue weighted by Gasteiger charge is -2.43. The number of carbonyl (C=O) groups is 1. The number of nitrogens with one attached hydrogen (secondary N) is 1. The summed E-state index contributed by atoms with van der Waals surface area (Å²) in [5.74, 6) is 0. The van der Waals surface area contributed by atoms with Gasteiger partial charge in [0, 0.05) is 6.61 Å². The molecule has 8 heteroatoms. The van der Waals surface area contributed by atoms with Gasteiger partial charge in [-0.2, -0.15) is 0 Å². The second-order valence-electron chi connectivity index (χ2n) is 12.6. The van der Waals surface area contributed by atoms with Crippen LogP contribution in [-0.4, -0.2) is 58.8 Å². The summed E-state index contributed by atoms with van der Waals surface area (Å²) in [4.78, 5) is 12.7. The van der Waals surface area contributed by atoms with Gasteiger partial charge in [0.15, 0.2) is 16.6 Å². The largest absolute Gasteiger partial charge is 0.444 e. The van der Waals surface area contributed by atoms with Gasteiger partial charge in [-0.15, -0.1) is 0 Å². The summed E-state index contributed by atoms with van der Waals surface area (Å²) in [7, 11) is -4.13. The highest BCUT2D eigenvalue weighted by molar-refractivity contribution is 6.74. The molecule has 0 aliphatic heterocycles. The number of aliphatic hydroxyl groups excluding tert-OH is 1. The third kappa shape index (κ3) is 10.8. The predicted molar refractivity (Wildman–Crippen MR) is 135 cm³/mol. The maximum atomic E-state index is 12.7. The van der Waals surface area contributed by atoms with Crippen molar-refractivity contribution in [1.29, 1.82) is 0 Å². The van der Waals surface area contributed by atoms with Gasteiger partial charge in [0.25, 0.3) is 0 Å². The van der Waals surface area contributed by atoms with Crippen molar-refractivity contribution in [2.24, 2.45) is 0 Å². The molecule has 0 aromatic rings. The van der Waals surface area contributed by atoms with Gasteiger partial charge in [-0.3, -0.25) is 0 Å². The highest BCUT2D eigenvalue weighted by atomic mass is 28.4. The number of carbonyl (C=O) groups excluding carboxylic acids is 1. The molecule has 0 aliphatic carbocycles. The van der Waals surface area contributed by atoms with Crippen LogP contribution >= 0.6 is 0 Å². The van der Waals surface area contributed by atoms with E-state index in [0.717, 1.165) is 0 Å². The molecule has 0 saturated heterocycles. The fourth-order valence-electron chi connectivity index (χ4n) is 2.41. The van der Waals surface area contributed by atoms with Crippen molar-refractivity contribution in [3.63, 3.8) is 0 Å². The average molecular weight is 478 g/mol. The highest BCUT2D eigenvalue weighted by Gasteiger charge is 2.43. The van der Waals surface area contributed by atoms with Gasteiger partial charge in [-0.25, -0.2) is 4.79 Å². The van der Waals surface area contributed by atoms with E-state index in [2.05, 4.69) is 73.0 Å². The molecule has 0 aromatic heterocycles. The lowest BCUT2D eigenvalue weighted by molar-refractivity contribution is 0.0357. The Bertz CT molecular complexity index is 560. The van der Waals surface area contributed by atoms with E-state index < -0.39 is 28.3 Å². The molecule has 2 atom stereocenters. The second-order valence-corrected chi connectivity index (χ2v) is 22.2. The first-order valence-corrected chi connectivity index (χ1v) is 17.4. The maximum Gasteiger partial charge on any atom is 0.408 e. The van der Waals surface area contributed by atoms with Crippen molar-refractivity contribution >= 4 is 22.7 Å². The van der Waals surface area contributed by atoms with E-state index in [4.69, 9.17) is 13.6 Å². The van der Waals surface area contributed by atoms with E-state index in [1.165, 1.54) is 0 Å². The van der Waals surface area contributed by atoms with Crippen molar-refractivity contribution in [3.8, 4) is 0 Å². The number of amides is 1. The van der Waals surface area contributed by atoms with E-state index >= 15 is 0 Å². The van der Waals surface area contributed by atoms with Crippen LogP contribution in [0.4, 0.5) is 4.79 Å². The first kappa shape index (κ1) is 30.6. The first-order chi connectivity index (χ1) is 13.6. The van der Waals surface area contributed by atoms with Crippen LogP contribution in [0.15, 0.2) is 0 Å². The van der Waals surface area contributed by atoms with E-state index in [-0.39, 0.29) is 28.8 Å². The van der Waals surface area contributed by atoms with Gasteiger partial charge in [-0.1, -0.05) is 41.5 Å². The minimum atomic E-state index is -2.11. The SMILES string of the molecule is CC(C)(C)OC(=O)N[C@@H](CO[Si](C)(C)C(C)(C)C)[C@@H](CCCO)O[Si](C)(C)C(C)(C)C. The summed E-state index contributed by atoms with van der Waals surface area (Å²) in [6, 6.07) is -0.357. The van der Waals surface area contributed by atoms with Gasteiger partial charge in [0.1, 0.15) is 5.60 Å². The Morgan fingerprint density at radius 3 is 1.77 bits per heavy atom. The summed E-state index contributed by atoms with van der Waals surface area (Å²) in [5, 5.41) is 12.6. The molecule has 6 nitrogen and oxygen atoms in total. The lowest BCUT2D eigenvalue weighted by Crippen LogP contribution is -2.55. The second kappa shape index (κ2) is 11.1. The number of hydrogen-bond donors (Lipinski definition) is 2. The van der Waals surface area contributed by atoms with Crippen LogP contribution in [0.5, 0.6) is 0 Å². The Morgan fingerprint density at radius 2 is 1.39 bits per heavy atom. The van der Waals surface area contributed by atoms with Crippen LogP contribution in [0, 0.1) is 0 Å². The highest BCUT2D eigenvalue weighted by Crippen LogP contribution is 2.39. The van der Waals surface area contributed by atoms with Crippen molar-refractivity contribution < 1.29 is 23.5 Å². The zero-order chi connectivity index (χ0) is 24.9. The van der Waals surface area contributed by atoms with Crippen molar-refractivity contribution in [2.45, 2.75) is 129 Å². The van der Waals surface area contributed by atoms with Gasteiger partial charge >= 0.3 is 6.09 Å². The molecule has 0 rings (SSSR count). The molecule has 0 unspecified atom stereocenters. The van der Waals surface area contributed by atoms with Crippen LogP contribution < -0.4 is 5.32 Å². The molecule has 0 fully saturated rings. The zero-order valence-corrected chi connectivity index (χ0v) is 24.6. The molecule has 0 spiro atoms. The fraction of sp³-hybridized carbons (Fsp3) is 0.957. The number of hydrogen-bond acceptors (Lipinski definition) is 5. The van der Waals surface area contributed by atoms with E-state index in [1.807, 2.05) is 20.8 Å². The lowest BCUT2D eigenvalue weighted by atomic mass is 10.1. The van der Waals surface area contributed by atoms with E-state index in [9.17, 15) is 9.90 Å². The molecular formula is C23H51NO5Si2. The molecule has 1 amide bonds. The monoisotopic (exact) mass is 477 g/mol. The topological polar surface area (TPSA) is 77.0 Å². The number of rotatable bonds is 10. The van der Waals surface area contributed by atoms with Crippen molar-refractivity contribution in [3.05, 3.63) is 0 Å². The molecule has 2 N–H and O–H groups in total. The summed E-state index contributed by atoms with van der Waals surface area (Å²) >= 11 is 0. The van der Waals surface area contributed by atoms with Crippen LogP contribution in [0.1, 0.15) is 75.2 Å². The summed E-state index contributed by atoms with van der Waals surface area (Å²) in [6.07, 6.45) is 0.519. The molecule has 0 aromatic carbocycles. The van der Waals surface area contributed by atoms with Crippen LogP contribution in [0.25, 0.3) is 0 Å². The fourth-order valence-corrected chi connectivity index (χ4v) is 4.83. The van der Waals surface area contributed by atoms with E-state index in [0.29, 0.717) is 19.4 Å². The summed E-state index contributed by atoms with van der Waals surface area (Å²) < 4.78 is 18.8. The van der Waals surface area contributed by atoms with Gasteiger partial charge < -0.3 is 24.0 Å². The van der Waals surface area contributed by atoms with Gasteiger partial charge in [0.2, 0.25) is 0 Å². The van der Waals surface area contributed by atoms with E-state index in [1.54, 1.807) is 0 Å². The van der Waals surface area contributed by atoms with Gasteiger partial charge in [0.05, 0.1) is 18.8 Å². The Labute approximate surface area is 194 Å². The molecule has 0 heterocycles. The zero-order valence-electron chi connectivity index (χ0n) is 22.6. The number of aliphatic hydroxyl groups is 1. The molecule has 0 saturated carbocycles. The minimum Gasteiger partial charge on any atom is -0.444 e.